The van der Waals surface area contributed by atoms with Crippen molar-refractivity contribution in [2.45, 2.75) is 13.3 Å². The van der Waals surface area contributed by atoms with E-state index in [0.29, 0.717) is 5.56 Å². The van der Waals surface area contributed by atoms with Crippen LogP contribution in [-0.2, 0) is 6.42 Å². The van der Waals surface area contributed by atoms with Crippen molar-refractivity contribution in [3.63, 3.8) is 0 Å². The Morgan fingerprint density at radius 2 is 1.50 bits per heavy atom. The Labute approximate surface area is 123 Å². The van der Waals surface area contributed by atoms with Crippen molar-refractivity contribution >= 4 is 37.6 Å². The zero-order valence-electron chi connectivity index (χ0n) is 9.91. The van der Waals surface area contributed by atoms with E-state index >= 15 is 0 Å². The van der Waals surface area contributed by atoms with Crippen LogP contribution in [0.1, 0.15) is 28.4 Å². The Balaban J connectivity index is 2.34. The standard InChI is InChI=1S/C15H12Br2O/c1-2-10-3-5-11(6-4-10)15(18)12-7-13(16)9-14(17)8-12/h3-9H,2H2,1H3. The van der Waals surface area contributed by atoms with E-state index in [2.05, 4.69) is 38.8 Å². The second-order valence-corrected chi connectivity index (χ2v) is 5.87. The summed E-state index contributed by atoms with van der Waals surface area (Å²) in [7, 11) is 0. The van der Waals surface area contributed by atoms with Gasteiger partial charge in [-0.2, -0.15) is 0 Å². The number of carbonyl (C=O) groups excluding carboxylic acids is 1. The quantitative estimate of drug-likeness (QED) is 0.697. The Morgan fingerprint density at radius 3 is 2.00 bits per heavy atom. The molecule has 2 rings (SSSR count). The summed E-state index contributed by atoms with van der Waals surface area (Å²) in [6.07, 6.45) is 0.983. The molecule has 0 heterocycles. The van der Waals surface area contributed by atoms with E-state index in [1.165, 1.54) is 5.56 Å². The smallest absolute Gasteiger partial charge is 0.193 e. The molecule has 0 aliphatic carbocycles. The van der Waals surface area contributed by atoms with Crippen LogP contribution in [0, 0.1) is 0 Å². The molecule has 0 saturated heterocycles. The van der Waals surface area contributed by atoms with Gasteiger partial charge in [-0.3, -0.25) is 4.79 Å². The van der Waals surface area contributed by atoms with Gasteiger partial charge in [-0.1, -0.05) is 63.0 Å². The summed E-state index contributed by atoms with van der Waals surface area (Å²) in [5.41, 5.74) is 2.64. The number of ketones is 1. The molecule has 0 aromatic heterocycles. The highest BCUT2D eigenvalue weighted by molar-refractivity contribution is 9.11. The summed E-state index contributed by atoms with van der Waals surface area (Å²) in [6, 6.07) is 13.4. The Hall–Kier alpha value is -0.930. The van der Waals surface area contributed by atoms with Crippen molar-refractivity contribution in [2.24, 2.45) is 0 Å². The van der Waals surface area contributed by atoms with Crippen LogP contribution in [0.4, 0.5) is 0 Å². The Morgan fingerprint density at radius 1 is 0.944 bits per heavy atom. The van der Waals surface area contributed by atoms with E-state index in [1.54, 1.807) is 0 Å². The maximum Gasteiger partial charge on any atom is 0.193 e. The molecule has 0 unspecified atom stereocenters. The molecular formula is C15H12Br2O. The molecule has 0 bridgehead atoms. The maximum absolute atomic E-state index is 12.3. The molecule has 0 aliphatic rings. The van der Waals surface area contributed by atoms with Crippen molar-refractivity contribution in [3.05, 3.63) is 68.1 Å². The molecule has 1 nitrogen and oxygen atoms in total. The van der Waals surface area contributed by atoms with E-state index in [4.69, 9.17) is 0 Å². The fraction of sp³-hybridized carbons (Fsp3) is 0.133. The summed E-state index contributed by atoms with van der Waals surface area (Å²) in [5, 5.41) is 0. The van der Waals surface area contributed by atoms with Gasteiger partial charge < -0.3 is 0 Å². The van der Waals surface area contributed by atoms with Crippen LogP contribution in [0.5, 0.6) is 0 Å². The van der Waals surface area contributed by atoms with E-state index < -0.39 is 0 Å². The lowest BCUT2D eigenvalue weighted by Gasteiger charge is -2.04. The first-order valence-corrected chi connectivity index (χ1v) is 7.28. The maximum atomic E-state index is 12.3. The Kier molecular flexibility index (Phi) is 4.36. The van der Waals surface area contributed by atoms with Crippen LogP contribution in [-0.4, -0.2) is 5.78 Å². The highest BCUT2D eigenvalue weighted by Gasteiger charge is 2.10. The minimum absolute atomic E-state index is 0.0413. The fourth-order valence-corrected chi connectivity index (χ4v) is 3.04. The fourth-order valence-electron chi connectivity index (χ4n) is 1.74. The number of benzene rings is 2. The van der Waals surface area contributed by atoms with Gasteiger partial charge in [0.15, 0.2) is 5.78 Å². The van der Waals surface area contributed by atoms with Gasteiger partial charge in [-0.05, 0) is 30.2 Å². The number of hydrogen-bond acceptors (Lipinski definition) is 1. The summed E-state index contributed by atoms with van der Waals surface area (Å²) in [5.74, 6) is 0.0413. The lowest BCUT2D eigenvalue weighted by Crippen LogP contribution is -2.01. The zero-order valence-corrected chi connectivity index (χ0v) is 13.1. The first-order chi connectivity index (χ1) is 8.60. The van der Waals surface area contributed by atoms with Crippen molar-refractivity contribution in [1.82, 2.24) is 0 Å². The number of rotatable bonds is 3. The highest BCUT2D eigenvalue weighted by atomic mass is 79.9. The lowest BCUT2D eigenvalue weighted by atomic mass is 10.0. The van der Waals surface area contributed by atoms with E-state index in [9.17, 15) is 4.79 Å². The van der Waals surface area contributed by atoms with Crippen LogP contribution in [0.25, 0.3) is 0 Å². The van der Waals surface area contributed by atoms with Crippen molar-refractivity contribution < 1.29 is 4.79 Å². The monoisotopic (exact) mass is 366 g/mol. The van der Waals surface area contributed by atoms with Crippen LogP contribution < -0.4 is 0 Å². The molecule has 0 atom stereocenters. The van der Waals surface area contributed by atoms with E-state index in [-0.39, 0.29) is 5.78 Å². The second kappa shape index (κ2) is 5.81. The first kappa shape index (κ1) is 13.5. The van der Waals surface area contributed by atoms with Gasteiger partial charge in [-0.15, -0.1) is 0 Å². The molecule has 0 radical (unpaired) electrons. The summed E-state index contributed by atoms with van der Waals surface area (Å²) < 4.78 is 1.79. The summed E-state index contributed by atoms with van der Waals surface area (Å²) >= 11 is 6.79. The van der Waals surface area contributed by atoms with Gasteiger partial charge in [0.1, 0.15) is 0 Å². The molecule has 0 fully saturated rings. The SMILES string of the molecule is CCc1ccc(C(=O)c2cc(Br)cc(Br)c2)cc1. The molecule has 2 aromatic carbocycles. The van der Waals surface area contributed by atoms with Gasteiger partial charge in [0, 0.05) is 20.1 Å². The third-order valence-electron chi connectivity index (χ3n) is 2.75. The van der Waals surface area contributed by atoms with E-state index in [0.717, 1.165) is 20.9 Å². The van der Waals surface area contributed by atoms with Gasteiger partial charge in [0.2, 0.25) is 0 Å². The van der Waals surface area contributed by atoms with Gasteiger partial charge >= 0.3 is 0 Å². The Bertz CT molecular complexity index is 553. The third-order valence-corrected chi connectivity index (χ3v) is 3.66. The molecule has 0 N–H and O–H groups in total. The largest absolute Gasteiger partial charge is 0.289 e. The average molecular weight is 368 g/mol. The van der Waals surface area contributed by atoms with E-state index in [1.807, 2.05) is 42.5 Å². The number of carbonyl (C=O) groups is 1. The molecule has 0 spiro atoms. The number of halogens is 2. The van der Waals surface area contributed by atoms with Gasteiger partial charge in [-0.25, -0.2) is 0 Å². The number of aryl methyl sites for hydroxylation is 1. The molecule has 92 valence electrons. The lowest BCUT2D eigenvalue weighted by molar-refractivity contribution is 0.103. The second-order valence-electron chi connectivity index (χ2n) is 4.04. The molecule has 2 aromatic rings. The average Bonchev–Trinajstić information content (AvgIpc) is 2.37. The topological polar surface area (TPSA) is 17.1 Å². The van der Waals surface area contributed by atoms with Crippen molar-refractivity contribution in [2.75, 3.05) is 0 Å². The van der Waals surface area contributed by atoms with Gasteiger partial charge in [0.25, 0.3) is 0 Å². The first-order valence-electron chi connectivity index (χ1n) is 5.70. The third kappa shape index (κ3) is 3.09. The highest BCUT2D eigenvalue weighted by Crippen LogP contribution is 2.22. The summed E-state index contributed by atoms with van der Waals surface area (Å²) in [6.45, 7) is 2.10. The summed E-state index contributed by atoms with van der Waals surface area (Å²) in [4.78, 5) is 12.3. The van der Waals surface area contributed by atoms with Crippen LogP contribution in [0.15, 0.2) is 51.4 Å². The molecular weight excluding hydrogens is 356 g/mol. The molecule has 0 saturated carbocycles. The number of hydrogen-bond donors (Lipinski definition) is 0. The van der Waals surface area contributed by atoms with Gasteiger partial charge in [0.05, 0.1) is 0 Å². The predicted octanol–water partition coefficient (Wildman–Crippen LogP) is 5.01. The molecule has 0 amide bonds. The normalized spacial score (nSPS) is 10.4. The molecule has 3 heteroatoms. The minimum Gasteiger partial charge on any atom is -0.289 e. The predicted molar refractivity (Wildman–Crippen MR) is 81.1 cm³/mol. The molecule has 18 heavy (non-hydrogen) atoms. The minimum atomic E-state index is 0.0413. The van der Waals surface area contributed by atoms with Crippen molar-refractivity contribution in [3.8, 4) is 0 Å². The zero-order chi connectivity index (χ0) is 13.1. The van der Waals surface area contributed by atoms with Crippen LogP contribution >= 0.6 is 31.9 Å². The van der Waals surface area contributed by atoms with Crippen LogP contribution in [0.3, 0.4) is 0 Å². The molecule has 0 aliphatic heterocycles. The van der Waals surface area contributed by atoms with Crippen molar-refractivity contribution in [1.29, 1.82) is 0 Å². The van der Waals surface area contributed by atoms with Crippen LogP contribution in [0.2, 0.25) is 0 Å².